The third-order valence-corrected chi connectivity index (χ3v) is 2.86. The van der Waals surface area contributed by atoms with Gasteiger partial charge in [-0.3, -0.25) is 0 Å². The van der Waals surface area contributed by atoms with E-state index in [0.29, 0.717) is 12.1 Å². The average Bonchev–Trinajstić information content (AvgIpc) is 2.38. The molecule has 1 aromatic rings. The second kappa shape index (κ2) is 7.69. The Kier molecular flexibility index (Phi) is 6.24. The van der Waals surface area contributed by atoms with E-state index in [-0.39, 0.29) is 18.7 Å². The van der Waals surface area contributed by atoms with Crippen molar-refractivity contribution in [3.05, 3.63) is 17.8 Å². The maximum Gasteiger partial charge on any atom is 0.319 e. The fourth-order valence-corrected chi connectivity index (χ4v) is 1.83. The van der Waals surface area contributed by atoms with Gasteiger partial charge in [0.2, 0.25) is 0 Å². The van der Waals surface area contributed by atoms with Crippen molar-refractivity contribution in [3.63, 3.8) is 0 Å². The van der Waals surface area contributed by atoms with Crippen LogP contribution in [0.1, 0.15) is 25.5 Å². The quantitative estimate of drug-likeness (QED) is 0.741. The number of amides is 2. The zero-order valence-corrected chi connectivity index (χ0v) is 12.6. The van der Waals surface area contributed by atoms with Crippen molar-refractivity contribution in [2.24, 2.45) is 0 Å². The van der Waals surface area contributed by atoms with Crippen LogP contribution in [0.5, 0.6) is 0 Å². The normalized spacial score (nSPS) is 11.8. The molecule has 2 amide bonds. The molecule has 0 saturated heterocycles. The predicted molar refractivity (Wildman–Crippen MR) is 81.2 cm³/mol. The topological polar surface area (TPSA) is 77.5 Å². The molecule has 6 nitrogen and oxygen atoms in total. The summed E-state index contributed by atoms with van der Waals surface area (Å²) in [6.45, 7) is 3.96. The molecule has 6 heteroatoms. The monoisotopic (exact) mass is 280 g/mol. The van der Waals surface area contributed by atoms with Crippen LogP contribution in [0.4, 0.5) is 16.3 Å². The van der Waals surface area contributed by atoms with Crippen LogP contribution in [0, 0.1) is 6.92 Å². The number of hydrogen-bond donors (Lipinski definition) is 3. The van der Waals surface area contributed by atoms with Gasteiger partial charge in [0, 0.05) is 32.4 Å². The lowest BCUT2D eigenvalue weighted by molar-refractivity contribution is 0.245. The van der Waals surface area contributed by atoms with E-state index in [4.69, 9.17) is 5.11 Å². The maximum absolute atomic E-state index is 11.9. The number of anilines is 2. The largest absolute Gasteiger partial charge is 0.396 e. The molecule has 0 spiro atoms. The average molecular weight is 280 g/mol. The zero-order chi connectivity index (χ0) is 15.1. The van der Waals surface area contributed by atoms with E-state index in [0.717, 1.165) is 17.9 Å². The molecule has 0 aliphatic heterocycles. The molecule has 1 rings (SSSR count). The molecule has 1 aromatic heterocycles. The van der Waals surface area contributed by atoms with Gasteiger partial charge in [-0.05, 0) is 38.8 Å². The van der Waals surface area contributed by atoms with E-state index in [1.54, 1.807) is 0 Å². The Bertz CT molecular complexity index is 449. The number of aromatic nitrogens is 1. The van der Waals surface area contributed by atoms with E-state index in [9.17, 15) is 4.79 Å². The summed E-state index contributed by atoms with van der Waals surface area (Å²) in [6.07, 6.45) is 1.42. The Labute approximate surface area is 120 Å². The molecule has 0 bridgehead atoms. The third kappa shape index (κ3) is 5.05. The Morgan fingerprint density at radius 3 is 2.75 bits per heavy atom. The highest BCUT2D eigenvalue weighted by molar-refractivity contribution is 5.92. The molecule has 1 atom stereocenters. The van der Waals surface area contributed by atoms with Gasteiger partial charge < -0.3 is 20.6 Å². The van der Waals surface area contributed by atoms with Crippen molar-refractivity contribution in [3.8, 4) is 0 Å². The Hall–Kier alpha value is -1.82. The number of aliphatic hydroxyl groups is 1. The summed E-state index contributed by atoms with van der Waals surface area (Å²) in [5.74, 6) is 0.725. The fourth-order valence-electron chi connectivity index (χ4n) is 1.83. The van der Waals surface area contributed by atoms with Crippen LogP contribution in [-0.2, 0) is 0 Å². The number of nitrogens with zero attached hydrogens (tertiary/aromatic N) is 2. The second-order valence-electron chi connectivity index (χ2n) is 5.08. The first-order valence-electron chi connectivity index (χ1n) is 6.77. The smallest absolute Gasteiger partial charge is 0.319 e. The molecule has 1 unspecified atom stereocenters. The molecule has 3 N–H and O–H groups in total. The summed E-state index contributed by atoms with van der Waals surface area (Å²) in [4.78, 5) is 18.2. The predicted octanol–water partition coefficient (Wildman–Crippen LogP) is 1.74. The molecular formula is C14H24N4O2. The number of aryl methyl sites for hydroxylation is 1. The molecule has 112 valence electrons. The van der Waals surface area contributed by atoms with E-state index < -0.39 is 0 Å². The highest BCUT2D eigenvalue weighted by Gasteiger charge is 2.11. The van der Waals surface area contributed by atoms with Crippen molar-refractivity contribution in [1.29, 1.82) is 0 Å². The molecule has 0 saturated carbocycles. The van der Waals surface area contributed by atoms with Crippen molar-refractivity contribution in [1.82, 2.24) is 10.3 Å². The van der Waals surface area contributed by atoms with Gasteiger partial charge in [-0.1, -0.05) is 0 Å². The number of rotatable bonds is 6. The molecule has 0 fully saturated rings. The number of carbonyl (C=O) groups excluding carboxylic acids is 1. The van der Waals surface area contributed by atoms with Gasteiger partial charge in [-0.25, -0.2) is 9.78 Å². The zero-order valence-electron chi connectivity index (χ0n) is 12.6. The highest BCUT2D eigenvalue weighted by atomic mass is 16.3. The Morgan fingerprint density at radius 2 is 2.15 bits per heavy atom. The van der Waals surface area contributed by atoms with Gasteiger partial charge in [-0.15, -0.1) is 0 Å². The van der Waals surface area contributed by atoms with Crippen LogP contribution in [0.3, 0.4) is 0 Å². The van der Waals surface area contributed by atoms with Gasteiger partial charge in [0.1, 0.15) is 0 Å². The minimum atomic E-state index is -0.260. The molecule has 0 aliphatic rings. The number of urea groups is 1. The maximum atomic E-state index is 11.9. The van der Waals surface area contributed by atoms with Crippen LogP contribution in [-0.4, -0.2) is 42.9 Å². The molecule has 0 aromatic carbocycles. The Balaban J connectivity index is 2.66. The SMILES string of the molecule is Cc1ccc(NC(=O)NC(C)CCCO)c(N(C)C)n1. The Morgan fingerprint density at radius 1 is 1.45 bits per heavy atom. The van der Waals surface area contributed by atoms with Gasteiger partial charge in [-0.2, -0.15) is 0 Å². The third-order valence-electron chi connectivity index (χ3n) is 2.86. The second-order valence-corrected chi connectivity index (χ2v) is 5.08. The van der Waals surface area contributed by atoms with Crippen LogP contribution in [0.25, 0.3) is 0 Å². The summed E-state index contributed by atoms with van der Waals surface area (Å²) in [5, 5.41) is 14.4. The lowest BCUT2D eigenvalue weighted by Crippen LogP contribution is -2.36. The van der Waals surface area contributed by atoms with Gasteiger partial charge in [0.25, 0.3) is 0 Å². The van der Waals surface area contributed by atoms with Gasteiger partial charge >= 0.3 is 6.03 Å². The number of carbonyl (C=O) groups is 1. The van der Waals surface area contributed by atoms with Crippen LogP contribution in [0.15, 0.2) is 12.1 Å². The summed E-state index contributed by atoms with van der Waals surface area (Å²) in [6, 6.07) is 3.46. The van der Waals surface area contributed by atoms with Crippen molar-refractivity contribution >= 4 is 17.5 Å². The lowest BCUT2D eigenvalue weighted by Gasteiger charge is -2.19. The fraction of sp³-hybridized carbons (Fsp3) is 0.571. The molecule has 20 heavy (non-hydrogen) atoms. The first-order chi connectivity index (χ1) is 9.43. The minimum absolute atomic E-state index is 0.0170. The summed E-state index contributed by atoms with van der Waals surface area (Å²) in [5.41, 5.74) is 1.57. The van der Waals surface area contributed by atoms with Crippen LogP contribution >= 0.6 is 0 Å². The molecule has 0 aliphatic carbocycles. The molecular weight excluding hydrogens is 256 g/mol. The first-order valence-corrected chi connectivity index (χ1v) is 6.77. The number of pyridine rings is 1. The van der Waals surface area contributed by atoms with Crippen LogP contribution in [0.2, 0.25) is 0 Å². The molecule has 1 heterocycles. The number of nitrogens with one attached hydrogen (secondary N) is 2. The summed E-state index contributed by atoms with van der Waals surface area (Å²) < 4.78 is 0. The van der Waals surface area contributed by atoms with Crippen molar-refractivity contribution in [2.45, 2.75) is 32.7 Å². The number of aliphatic hydroxyl groups excluding tert-OH is 1. The minimum Gasteiger partial charge on any atom is -0.396 e. The van der Waals surface area contributed by atoms with Gasteiger partial charge in [0.15, 0.2) is 5.82 Å². The molecule has 0 radical (unpaired) electrons. The van der Waals surface area contributed by atoms with Gasteiger partial charge in [0.05, 0.1) is 5.69 Å². The van der Waals surface area contributed by atoms with E-state index in [2.05, 4.69) is 15.6 Å². The first kappa shape index (κ1) is 16.2. The summed E-state index contributed by atoms with van der Waals surface area (Å²) in [7, 11) is 3.77. The van der Waals surface area contributed by atoms with E-state index in [1.165, 1.54) is 0 Å². The van der Waals surface area contributed by atoms with E-state index in [1.807, 2.05) is 45.0 Å². The lowest BCUT2D eigenvalue weighted by atomic mass is 10.2. The van der Waals surface area contributed by atoms with Crippen LogP contribution < -0.4 is 15.5 Å². The van der Waals surface area contributed by atoms with E-state index >= 15 is 0 Å². The van der Waals surface area contributed by atoms with Crippen molar-refractivity contribution < 1.29 is 9.90 Å². The highest BCUT2D eigenvalue weighted by Crippen LogP contribution is 2.21. The summed E-state index contributed by atoms with van der Waals surface area (Å²) >= 11 is 0. The standard InChI is InChI=1S/C14H24N4O2/c1-10(6-5-9-19)16-14(20)17-12-8-7-11(2)15-13(12)18(3)4/h7-8,10,19H,5-6,9H2,1-4H3,(H2,16,17,20). The number of hydrogen-bond acceptors (Lipinski definition) is 4. The van der Waals surface area contributed by atoms with Crippen molar-refractivity contribution in [2.75, 3.05) is 30.9 Å².